The highest BCUT2D eigenvalue weighted by molar-refractivity contribution is 5.93. The van der Waals surface area contributed by atoms with Crippen molar-refractivity contribution < 1.29 is 18.7 Å². The van der Waals surface area contributed by atoms with Gasteiger partial charge in [0.15, 0.2) is 11.6 Å². The summed E-state index contributed by atoms with van der Waals surface area (Å²) in [6.45, 7) is 7.22. The fourth-order valence-electron chi connectivity index (χ4n) is 3.90. The van der Waals surface area contributed by atoms with Crippen LogP contribution in [0.2, 0.25) is 0 Å². The topological polar surface area (TPSA) is 121 Å². The molecule has 0 saturated carbocycles. The molecule has 1 atom stereocenters. The Hall–Kier alpha value is -3.46. The minimum atomic E-state index is -1.29. The van der Waals surface area contributed by atoms with Crippen LogP contribution >= 0.6 is 0 Å². The first-order chi connectivity index (χ1) is 14.7. The van der Waals surface area contributed by atoms with E-state index in [-0.39, 0.29) is 17.6 Å². The zero-order chi connectivity index (χ0) is 21.9. The number of benzene rings is 1. The molecule has 1 aromatic carbocycles. The number of imidazole rings is 1. The van der Waals surface area contributed by atoms with E-state index < -0.39 is 11.6 Å². The number of fused-ring (bicyclic) bond motifs is 2. The predicted octanol–water partition coefficient (Wildman–Crippen LogP) is 3.17. The van der Waals surface area contributed by atoms with Crippen LogP contribution in [0.15, 0.2) is 33.4 Å². The van der Waals surface area contributed by atoms with Gasteiger partial charge in [-0.3, -0.25) is 4.79 Å². The first-order valence-electron chi connectivity index (χ1n) is 10.1. The lowest BCUT2D eigenvalue weighted by Gasteiger charge is -2.32. The van der Waals surface area contributed by atoms with Crippen molar-refractivity contribution in [2.75, 3.05) is 6.54 Å². The van der Waals surface area contributed by atoms with Gasteiger partial charge in [-0.1, -0.05) is 6.07 Å². The van der Waals surface area contributed by atoms with Crippen molar-refractivity contribution in [3.63, 3.8) is 0 Å². The van der Waals surface area contributed by atoms with Crippen LogP contribution in [0.3, 0.4) is 0 Å². The highest BCUT2D eigenvalue weighted by Gasteiger charge is 2.40. The summed E-state index contributed by atoms with van der Waals surface area (Å²) in [5, 5.41) is 10.2. The molecule has 31 heavy (non-hydrogen) atoms. The molecule has 4 heterocycles. The Balaban J connectivity index is 1.60. The summed E-state index contributed by atoms with van der Waals surface area (Å²) < 4.78 is 11.8. The van der Waals surface area contributed by atoms with Crippen LogP contribution in [0.5, 0.6) is 0 Å². The van der Waals surface area contributed by atoms with Crippen LogP contribution in [0.1, 0.15) is 64.9 Å². The summed E-state index contributed by atoms with van der Waals surface area (Å²) in [5.74, 6) is 0.229. The zero-order valence-electron chi connectivity index (χ0n) is 17.8. The Labute approximate surface area is 178 Å². The Morgan fingerprint density at radius 3 is 2.81 bits per heavy atom. The lowest BCUT2D eigenvalue weighted by molar-refractivity contribution is 0.0436. The number of carbonyl (C=O) groups excluding carboxylic acids is 1. The van der Waals surface area contributed by atoms with Gasteiger partial charge < -0.3 is 23.8 Å². The van der Waals surface area contributed by atoms with E-state index in [0.717, 1.165) is 16.8 Å². The second-order valence-electron chi connectivity index (χ2n) is 8.43. The van der Waals surface area contributed by atoms with Gasteiger partial charge in [0.25, 0.3) is 5.91 Å². The lowest BCUT2D eigenvalue weighted by atomic mass is 10.0. The number of nitrogens with one attached hydrogen (secondary N) is 1. The molecule has 0 radical (unpaired) electrons. The van der Waals surface area contributed by atoms with Crippen molar-refractivity contribution in [1.82, 2.24) is 24.8 Å². The van der Waals surface area contributed by atoms with E-state index in [1.165, 1.54) is 0 Å². The van der Waals surface area contributed by atoms with E-state index in [1.54, 1.807) is 32.0 Å². The summed E-state index contributed by atoms with van der Waals surface area (Å²) >= 11 is 0. The molecule has 9 nitrogen and oxygen atoms in total. The molecule has 2 N–H and O–H groups in total. The SMILES string of the molecule is Cc1ccc2nc([C@@H]3c4nc[nH]c4CCN3C(=O)c3oc(C(C)(C)O)nc3C)oc2c1. The van der Waals surface area contributed by atoms with Gasteiger partial charge in [0.05, 0.1) is 17.7 Å². The fourth-order valence-corrected chi connectivity index (χ4v) is 3.90. The fraction of sp³-hybridized carbons (Fsp3) is 0.364. The molecule has 0 spiro atoms. The number of carbonyl (C=O) groups is 1. The molecule has 9 heteroatoms. The van der Waals surface area contributed by atoms with E-state index >= 15 is 0 Å². The van der Waals surface area contributed by atoms with Crippen molar-refractivity contribution >= 4 is 17.0 Å². The van der Waals surface area contributed by atoms with Gasteiger partial charge in [-0.05, 0) is 45.4 Å². The molecule has 5 rings (SSSR count). The average molecular weight is 421 g/mol. The van der Waals surface area contributed by atoms with E-state index in [1.807, 2.05) is 25.1 Å². The molecular formula is C22H23N5O4. The van der Waals surface area contributed by atoms with E-state index in [4.69, 9.17) is 8.83 Å². The molecule has 0 aliphatic carbocycles. The molecule has 0 bridgehead atoms. The smallest absolute Gasteiger partial charge is 0.292 e. The number of nitrogens with zero attached hydrogens (tertiary/aromatic N) is 4. The maximum atomic E-state index is 13.5. The van der Waals surface area contributed by atoms with E-state index in [2.05, 4.69) is 19.9 Å². The maximum Gasteiger partial charge on any atom is 0.292 e. The Bertz CT molecular complexity index is 1290. The van der Waals surface area contributed by atoms with Gasteiger partial charge >= 0.3 is 0 Å². The third-order valence-electron chi connectivity index (χ3n) is 5.49. The van der Waals surface area contributed by atoms with Crippen molar-refractivity contribution in [3.8, 4) is 0 Å². The van der Waals surface area contributed by atoms with Crippen molar-refractivity contribution in [3.05, 3.63) is 64.7 Å². The minimum Gasteiger partial charge on any atom is -0.438 e. The lowest BCUT2D eigenvalue weighted by Crippen LogP contribution is -2.41. The number of aliphatic hydroxyl groups is 1. The Morgan fingerprint density at radius 1 is 1.26 bits per heavy atom. The van der Waals surface area contributed by atoms with Crippen molar-refractivity contribution in [2.45, 2.75) is 45.8 Å². The third-order valence-corrected chi connectivity index (χ3v) is 5.49. The number of hydrogen-bond acceptors (Lipinski definition) is 7. The Morgan fingerprint density at radius 2 is 2.06 bits per heavy atom. The minimum absolute atomic E-state index is 0.0908. The number of amides is 1. The highest BCUT2D eigenvalue weighted by atomic mass is 16.4. The molecular weight excluding hydrogens is 398 g/mol. The van der Waals surface area contributed by atoms with E-state index in [9.17, 15) is 9.90 Å². The van der Waals surface area contributed by atoms with Gasteiger partial charge in [-0.2, -0.15) is 0 Å². The summed E-state index contributed by atoms with van der Waals surface area (Å²) in [6.07, 6.45) is 2.23. The molecule has 1 aliphatic heterocycles. The number of hydrogen-bond donors (Lipinski definition) is 2. The molecule has 0 unspecified atom stereocenters. The van der Waals surface area contributed by atoms with Crippen molar-refractivity contribution in [1.29, 1.82) is 0 Å². The number of aromatic nitrogens is 4. The normalized spacial score (nSPS) is 16.7. The highest BCUT2D eigenvalue weighted by Crippen LogP contribution is 2.36. The molecule has 4 aromatic rings. The number of aryl methyl sites for hydroxylation is 2. The van der Waals surface area contributed by atoms with Gasteiger partial charge in [-0.25, -0.2) is 15.0 Å². The van der Waals surface area contributed by atoms with Gasteiger partial charge in [0.1, 0.15) is 11.1 Å². The molecule has 1 aliphatic rings. The summed E-state index contributed by atoms with van der Waals surface area (Å²) in [7, 11) is 0. The zero-order valence-corrected chi connectivity index (χ0v) is 17.8. The van der Waals surface area contributed by atoms with Gasteiger partial charge in [-0.15, -0.1) is 0 Å². The number of rotatable bonds is 3. The number of H-pyrrole nitrogens is 1. The second kappa shape index (κ2) is 6.78. The van der Waals surface area contributed by atoms with Crippen LogP contribution in [-0.4, -0.2) is 42.4 Å². The molecule has 0 fully saturated rings. The molecule has 1 amide bonds. The number of aromatic amines is 1. The molecule has 160 valence electrons. The van der Waals surface area contributed by atoms with Gasteiger partial charge in [0.2, 0.25) is 17.5 Å². The van der Waals surface area contributed by atoms with Gasteiger partial charge in [0, 0.05) is 18.7 Å². The van der Waals surface area contributed by atoms with Crippen LogP contribution in [0.4, 0.5) is 0 Å². The average Bonchev–Trinajstić information content (AvgIpc) is 3.43. The van der Waals surface area contributed by atoms with Crippen molar-refractivity contribution in [2.24, 2.45) is 0 Å². The predicted molar refractivity (Wildman–Crippen MR) is 110 cm³/mol. The first-order valence-corrected chi connectivity index (χ1v) is 10.1. The summed E-state index contributed by atoms with van der Waals surface area (Å²) in [6, 6.07) is 5.18. The monoisotopic (exact) mass is 421 g/mol. The summed E-state index contributed by atoms with van der Waals surface area (Å²) in [4.78, 5) is 31.7. The molecule has 3 aromatic heterocycles. The van der Waals surface area contributed by atoms with E-state index in [0.29, 0.717) is 35.8 Å². The standard InChI is InChI=1S/C22H23N5O4/c1-11-5-6-13-15(9-11)30-19(26-13)17-16-14(23-10-24-16)7-8-27(17)20(28)18-12(2)25-21(31-18)22(3,4)29/h5-6,9-10,17,29H,7-8H2,1-4H3,(H,23,24)/t17-/m0/s1. The maximum absolute atomic E-state index is 13.5. The third kappa shape index (κ3) is 3.21. The number of oxazole rings is 2. The van der Waals surface area contributed by atoms with Crippen LogP contribution < -0.4 is 0 Å². The van der Waals surface area contributed by atoms with Crippen LogP contribution in [-0.2, 0) is 12.0 Å². The summed E-state index contributed by atoms with van der Waals surface area (Å²) in [5.41, 5.74) is 3.20. The Kier molecular flexibility index (Phi) is 4.26. The first kappa shape index (κ1) is 19.5. The largest absolute Gasteiger partial charge is 0.438 e. The molecule has 0 saturated heterocycles. The van der Waals surface area contributed by atoms with Crippen LogP contribution in [0.25, 0.3) is 11.1 Å². The quantitative estimate of drug-likeness (QED) is 0.521. The van der Waals surface area contributed by atoms with Crippen LogP contribution in [0, 0.1) is 13.8 Å². The second-order valence-corrected chi connectivity index (χ2v) is 8.43.